The zero-order valence-electron chi connectivity index (χ0n) is 13.3. The number of rotatable bonds is 4. The van der Waals surface area contributed by atoms with E-state index < -0.39 is 22.0 Å². The third kappa shape index (κ3) is 3.96. The highest BCUT2D eigenvalue weighted by molar-refractivity contribution is 7.86. The Morgan fingerprint density at radius 1 is 1.18 bits per heavy atom. The topological polar surface area (TPSA) is 96.2 Å². The zero-order chi connectivity index (χ0) is 16.3. The molecule has 2 rings (SSSR count). The smallest absolute Gasteiger partial charge is 0.281 e. The zero-order valence-corrected chi connectivity index (χ0v) is 14.1. The Bertz CT molecular complexity index is 490. The van der Waals surface area contributed by atoms with E-state index >= 15 is 0 Å². The summed E-state index contributed by atoms with van der Waals surface area (Å²) in [4.78, 5) is 13.9. The van der Waals surface area contributed by atoms with Crippen LogP contribution in [0.1, 0.15) is 12.8 Å². The lowest BCUT2D eigenvalue weighted by molar-refractivity contribution is -0.122. The van der Waals surface area contributed by atoms with Gasteiger partial charge in [-0.15, -0.1) is 0 Å². The number of carbonyl (C=O) groups is 1. The standard InChI is InChI=1S/C13H26N4O4S/c1-15(2)22(19,20)17-6-5-16(9-11(10-17)13(14)18)12-3-7-21-8-4-12/h11-12H,3-10H2,1-2H3,(H2,14,18)/t11-/m1/s1. The lowest BCUT2D eigenvalue weighted by Gasteiger charge is -2.34. The van der Waals surface area contributed by atoms with Gasteiger partial charge in [0, 0.05) is 59.5 Å². The number of ether oxygens (including phenoxy) is 1. The molecule has 1 amide bonds. The molecule has 9 heteroatoms. The summed E-state index contributed by atoms with van der Waals surface area (Å²) < 4.78 is 32.6. The molecule has 0 radical (unpaired) electrons. The van der Waals surface area contributed by atoms with E-state index in [1.54, 1.807) is 0 Å². The van der Waals surface area contributed by atoms with E-state index in [1.165, 1.54) is 22.7 Å². The molecule has 0 saturated carbocycles. The second-order valence-electron chi connectivity index (χ2n) is 6.09. The van der Waals surface area contributed by atoms with E-state index in [4.69, 9.17) is 10.5 Å². The normalized spacial score (nSPS) is 27.0. The largest absolute Gasteiger partial charge is 0.381 e. The van der Waals surface area contributed by atoms with Crippen molar-refractivity contribution < 1.29 is 17.9 Å². The second-order valence-corrected chi connectivity index (χ2v) is 8.23. The molecular formula is C13H26N4O4S. The summed E-state index contributed by atoms with van der Waals surface area (Å²) in [5.74, 6) is -0.932. The summed E-state index contributed by atoms with van der Waals surface area (Å²) in [6.45, 7) is 3.07. The number of primary amides is 1. The van der Waals surface area contributed by atoms with Gasteiger partial charge in [-0.1, -0.05) is 0 Å². The molecule has 0 bridgehead atoms. The molecule has 22 heavy (non-hydrogen) atoms. The Hall–Kier alpha value is -0.740. The predicted octanol–water partition coefficient (Wildman–Crippen LogP) is -1.31. The van der Waals surface area contributed by atoms with Crippen LogP contribution >= 0.6 is 0 Å². The van der Waals surface area contributed by atoms with E-state index in [0.29, 0.717) is 38.9 Å². The first-order valence-corrected chi connectivity index (χ1v) is 9.00. The van der Waals surface area contributed by atoms with E-state index in [2.05, 4.69) is 4.90 Å². The summed E-state index contributed by atoms with van der Waals surface area (Å²) in [7, 11) is -0.545. The quantitative estimate of drug-likeness (QED) is 0.689. The fourth-order valence-electron chi connectivity index (χ4n) is 3.01. The van der Waals surface area contributed by atoms with E-state index in [-0.39, 0.29) is 6.54 Å². The van der Waals surface area contributed by atoms with Gasteiger partial charge in [-0.05, 0) is 12.8 Å². The molecule has 2 saturated heterocycles. The molecule has 2 N–H and O–H groups in total. The minimum atomic E-state index is -3.54. The van der Waals surface area contributed by atoms with Crippen LogP contribution in [0.2, 0.25) is 0 Å². The molecule has 2 aliphatic rings. The van der Waals surface area contributed by atoms with Crippen molar-refractivity contribution in [2.75, 3.05) is 53.5 Å². The minimum Gasteiger partial charge on any atom is -0.381 e. The minimum absolute atomic E-state index is 0.148. The summed E-state index contributed by atoms with van der Waals surface area (Å²) in [6.07, 6.45) is 1.82. The monoisotopic (exact) mass is 334 g/mol. The second kappa shape index (κ2) is 7.22. The molecule has 0 aromatic heterocycles. The Kier molecular flexibility index (Phi) is 5.78. The molecular weight excluding hydrogens is 308 g/mol. The van der Waals surface area contributed by atoms with Crippen molar-refractivity contribution in [3.63, 3.8) is 0 Å². The third-order valence-corrected chi connectivity index (χ3v) is 6.32. The highest BCUT2D eigenvalue weighted by atomic mass is 32.2. The fraction of sp³-hybridized carbons (Fsp3) is 0.923. The van der Waals surface area contributed by atoms with Gasteiger partial charge in [0.1, 0.15) is 0 Å². The van der Waals surface area contributed by atoms with Crippen molar-refractivity contribution in [3.05, 3.63) is 0 Å². The number of carbonyl (C=O) groups excluding carboxylic acids is 1. The number of hydrogen-bond acceptors (Lipinski definition) is 5. The Balaban J connectivity index is 2.15. The summed E-state index contributed by atoms with van der Waals surface area (Å²) in [6, 6.07) is 0.331. The van der Waals surface area contributed by atoms with Gasteiger partial charge in [-0.2, -0.15) is 17.0 Å². The van der Waals surface area contributed by atoms with E-state index in [0.717, 1.165) is 12.8 Å². The fourth-order valence-corrected chi connectivity index (χ4v) is 4.15. The van der Waals surface area contributed by atoms with Gasteiger partial charge >= 0.3 is 0 Å². The summed E-state index contributed by atoms with van der Waals surface area (Å²) >= 11 is 0. The highest BCUT2D eigenvalue weighted by Crippen LogP contribution is 2.20. The number of hydrogen-bond donors (Lipinski definition) is 1. The maximum atomic E-state index is 12.4. The first-order valence-electron chi connectivity index (χ1n) is 7.61. The molecule has 2 heterocycles. The van der Waals surface area contributed by atoms with E-state index in [9.17, 15) is 13.2 Å². The predicted molar refractivity (Wildman–Crippen MR) is 82.3 cm³/mol. The average molecular weight is 334 g/mol. The van der Waals surface area contributed by atoms with Crippen LogP contribution < -0.4 is 5.73 Å². The number of nitrogens with two attached hydrogens (primary N) is 1. The Morgan fingerprint density at radius 2 is 1.82 bits per heavy atom. The molecule has 0 aromatic rings. The van der Waals surface area contributed by atoms with E-state index in [1.807, 2.05) is 0 Å². The number of nitrogens with zero attached hydrogens (tertiary/aromatic N) is 3. The van der Waals surface area contributed by atoms with Crippen LogP contribution in [0.3, 0.4) is 0 Å². The molecule has 0 unspecified atom stereocenters. The lowest BCUT2D eigenvalue weighted by atomic mass is 10.0. The molecule has 8 nitrogen and oxygen atoms in total. The first-order chi connectivity index (χ1) is 10.3. The Morgan fingerprint density at radius 3 is 2.36 bits per heavy atom. The van der Waals surface area contributed by atoms with Crippen LogP contribution in [-0.4, -0.2) is 87.4 Å². The maximum absolute atomic E-state index is 12.4. The maximum Gasteiger partial charge on any atom is 0.281 e. The van der Waals surface area contributed by atoms with Gasteiger partial charge < -0.3 is 10.5 Å². The summed E-state index contributed by atoms with van der Waals surface area (Å²) in [5.41, 5.74) is 5.48. The van der Waals surface area contributed by atoms with Crippen molar-refractivity contribution in [1.29, 1.82) is 0 Å². The number of amides is 1. The first kappa shape index (κ1) is 17.6. The van der Waals surface area contributed by atoms with Crippen molar-refractivity contribution >= 4 is 16.1 Å². The van der Waals surface area contributed by atoms with Gasteiger partial charge in [0.2, 0.25) is 5.91 Å². The average Bonchev–Trinajstić information content (AvgIpc) is 2.71. The summed E-state index contributed by atoms with van der Waals surface area (Å²) in [5, 5.41) is 0. The van der Waals surface area contributed by atoms with Crippen molar-refractivity contribution in [3.8, 4) is 0 Å². The SMILES string of the molecule is CN(C)S(=O)(=O)N1CCN(C2CCOCC2)C[C@@H](C(N)=O)C1. The van der Waals surface area contributed by atoms with Gasteiger partial charge in [0.25, 0.3) is 10.2 Å². The molecule has 2 fully saturated rings. The Labute approximate surface area is 132 Å². The molecule has 128 valence electrons. The van der Waals surface area contributed by atoms with Crippen molar-refractivity contribution in [1.82, 2.24) is 13.5 Å². The van der Waals surface area contributed by atoms with Crippen LogP contribution in [-0.2, 0) is 19.7 Å². The van der Waals surface area contributed by atoms with Crippen LogP contribution in [0.5, 0.6) is 0 Å². The molecule has 2 aliphatic heterocycles. The van der Waals surface area contributed by atoms with Crippen LogP contribution in [0.25, 0.3) is 0 Å². The van der Waals surface area contributed by atoms with Crippen LogP contribution in [0.15, 0.2) is 0 Å². The van der Waals surface area contributed by atoms with Gasteiger partial charge in [-0.25, -0.2) is 0 Å². The van der Waals surface area contributed by atoms with Crippen molar-refractivity contribution in [2.45, 2.75) is 18.9 Å². The molecule has 0 aliphatic carbocycles. The van der Waals surface area contributed by atoms with Crippen LogP contribution in [0, 0.1) is 5.92 Å². The molecule has 1 atom stereocenters. The molecule has 0 aromatic carbocycles. The van der Waals surface area contributed by atoms with Gasteiger partial charge in [-0.3, -0.25) is 9.69 Å². The van der Waals surface area contributed by atoms with Gasteiger partial charge in [0.15, 0.2) is 0 Å². The molecule has 0 spiro atoms. The third-order valence-electron chi connectivity index (χ3n) is 4.41. The van der Waals surface area contributed by atoms with Gasteiger partial charge in [0.05, 0.1) is 5.92 Å². The van der Waals surface area contributed by atoms with Crippen LogP contribution in [0.4, 0.5) is 0 Å². The highest BCUT2D eigenvalue weighted by Gasteiger charge is 2.35. The van der Waals surface area contributed by atoms with Crippen molar-refractivity contribution in [2.24, 2.45) is 11.7 Å². The lowest BCUT2D eigenvalue weighted by Crippen LogP contribution is -2.45.